The molecule has 0 aromatic heterocycles. The number of benzene rings is 2. The Labute approximate surface area is 238 Å². The lowest BCUT2D eigenvalue weighted by molar-refractivity contribution is -0.159. The summed E-state index contributed by atoms with van der Waals surface area (Å²) < 4.78 is 58.8. The number of carbonyl (C=O) groups is 2. The number of aliphatic carboxylic acids is 1. The molecule has 3 heterocycles. The molecule has 5 N–H and O–H groups in total. The van der Waals surface area contributed by atoms with Gasteiger partial charge >= 0.3 is 5.97 Å². The van der Waals surface area contributed by atoms with Crippen molar-refractivity contribution in [3.8, 4) is 0 Å². The van der Waals surface area contributed by atoms with Crippen LogP contribution in [0.25, 0.3) is 0 Å². The van der Waals surface area contributed by atoms with Crippen LogP contribution in [0.5, 0.6) is 0 Å². The van der Waals surface area contributed by atoms with Gasteiger partial charge < -0.3 is 20.6 Å². The summed E-state index contributed by atoms with van der Waals surface area (Å²) in [5.74, 6) is -1.11. The van der Waals surface area contributed by atoms with Crippen LogP contribution in [0.2, 0.25) is 0 Å². The number of hydrogen-bond acceptors (Lipinski definition) is 9. The van der Waals surface area contributed by atoms with E-state index in [4.69, 9.17) is 14.8 Å². The van der Waals surface area contributed by atoms with Gasteiger partial charge in [0.1, 0.15) is 17.5 Å². The Morgan fingerprint density at radius 1 is 0.900 bits per heavy atom. The van der Waals surface area contributed by atoms with Crippen LogP contribution in [-0.4, -0.2) is 95.1 Å². The number of carboxylic acid groups (broad SMARTS) is 1. The van der Waals surface area contributed by atoms with Crippen molar-refractivity contribution in [2.75, 3.05) is 20.1 Å². The van der Waals surface area contributed by atoms with Crippen LogP contribution in [0, 0.1) is 13.8 Å². The van der Waals surface area contributed by atoms with Gasteiger partial charge in [0, 0.05) is 0 Å². The average molecular weight is 616 g/mol. The maximum atomic E-state index is 11.8. The van der Waals surface area contributed by atoms with Gasteiger partial charge in [-0.1, -0.05) is 35.4 Å². The molecule has 0 bridgehead atoms. The number of thioether (sulfide) groups is 1. The summed E-state index contributed by atoms with van der Waals surface area (Å²) >= 11 is 1.61. The molecule has 0 radical (unpaired) electrons. The first-order valence-electron chi connectivity index (χ1n) is 12.2. The van der Waals surface area contributed by atoms with Crippen molar-refractivity contribution in [3.63, 3.8) is 0 Å². The van der Waals surface area contributed by atoms with E-state index in [9.17, 15) is 31.5 Å². The third kappa shape index (κ3) is 7.21. The van der Waals surface area contributed by atoms with Gasteiger partial charge in [0.05, 0.1) is 14.5 Å². The van der Waals surface area contributed by atoms with Crippen LogP contribution in [0.4, 0.5) is 0 Å². The number of hydrogen-bond donors (Lipinski definition) is 4. The SMILES string of the molecule is CN1CCC2(CC1)S[C@H]1C(N)C(=O)N1C2C(=O)O.Cc1ccc(S(=O)(=O)O)cc1.Cc1ccc(S(=O)(=O)O)cc1. The maximum absolute atomic E-state index is 11.8. The number of rotatable bonds is 3. The fraction of sp³-hybridized carbons (Fsp3) is 0.440. The molecule has 5 rings (SSSR count). The molecule has 2 aromatic rings. The zero-order valence-corrected chi connectivity index (χ0v) is 24.6. The van der Waals surface area contributed by atoms with Crippen LogP contribution in [0.15, 0.2) is 58.3 Å². The summed E-state index contributed by atoms with van der Waals surface area (Å²) in [4.78, 5) is 26.9. The fourth-order valence-corrected chi connectivity index (χ4v) is 7.43. The van der Waals surface area contributed by atoms with E-state index in [1.807, 2.05) is 20.9 Å². The van der Waals surface area contributed by atoms with Gasteiger partial charge in [0.2, 0.25) is 5.91 Å². The third-order valence-corrected chi connectivity index (χ3v) is 10.6. The third-order valence-electron chi connectivity index (χ3n) is 6.96. The smallest absolute Gasteiger partial charge is 0.327 e. The van der Waals surface area contributed by atoms with Crippen LogP contribution < -0.4 is 5.73 Å². The van der Waals surface area contributed by atoms with E-state index in [-0.39, 0.29) is 25.8 Å². The molecule has 1 spiro atoms. The molecular weight excluding hydrogens is 582 g/mol. The first kappa shape index (κ1) is 32.0. The lowest BCUT2D eigenvalue weighted by Crippen LogP contribution is -2.69. The minimum absolute atomic E-state index is 0.0666. The number of carboxylic acids is 1. The molecule has 12 nitrogen and oxygen atoms in total. The van der Waals surface area contributed by atoms with E-state index in [1.165, 1.54) is 29.2 Å². The van der Waals surface area contributed by atoms with Gasteiger partial charge in [-0.15, -0.1) is 11.8 Å². The Balaban J connectivity index is 0.000000175. The van der Waals surface area contributed by atoms with Crippen LogP contribution in [0.1, 0.15) is 24.0 Å². The molecule has 3 aliphatic rings. The number of carbonyl (C=O) groups excluding carboxylic acids is 1. The van der Waals surface area contributed by atoms with Gasteiger partial charge in [-0.05, 0) is 71.1 Å². The number of nitrogens with two attached hydrogens (primary N) is 1. The Morgan fingerprint density at radius 3 is 1.65 bits per heavy atom. The molecule has 15 heteroatoms. The van der Waals surface area contributed by atoms with Crippen LogP contribution in [-0.2, 0) is 29.8 Å². The lowest BCUT2D eigenvalue weighted by Gasteiger charge is -2.42. The average Bonchev–Trinajstić information content (AvgIpc) is 3.18. The number of aryl methyl sites for hydroxylation is 2. The Bertz CT molecular complexity index is 1370. The molecule has 0 saturated carbocycles. The van der Waals surface area contributed by atoms with E-state index in [0.29, 0.717) is 0 Å². The van der Waals surface area contributed by atoms with E-state index >= 15 is 0 Å². The highest BCUT2D eigenvalue weighted by atomic mass is 32.2. The van der Waals surface area contributed by atoms with Crippen molar-refractivity contribution in [1.82, 2.24) is 9.80 Å². The number of likely N-dealkylation sites (tertiary alicyclic amines) is 1. The number of fused-ring (bicyclic) bond motifs is 1. The van der Waals surface area contributed by atoms with Crippen molar-refractivity contribution in [2.45, 2.75) is 58.7 Å². The van der Waals surface area contributed by atoms with Crippen LogP contribution >= 0.6 is 11.8 Å². The topological polar surface area (TPSA) is 196 Å². The molecule has 2 aromatic carbocycles. The van der Waals surface area contributed by atoms with Gasteiger partial charge in [0.25, 0.3) is 20.2 Å². The highest BCUT2D eigenvalue weighted by Crippen LogP contribution is 2.55. The standard InChI is InChI=1S/C11H17N3O3S.2C7H8O3S/c1-13-4-2-11(3-5-13)7(10(16)17)14-8(15)6(12)9(14)18-11;2*1-6-2-4-7(5-3-6)11(8,9)10/h6-7,9H,2-5,12H2,1H3,(H,16,17);2*2-5H,1H3,(H,8,9,10)/t6?,7?,9-;;/m0../s1. The molecule has 3 saturated heterocycles. The zero-order valence-electron chi connectivity index (χ0n) is 22.2. The van der Waals surface area contributed by atoms with Crippen molar-refractivity contribution in [2.24, 2.45) is 5.73 Å². The van der Waals surface area contributed by atoms with Crippen molar-refractivity contribution in [3.05, 3.63) is 59.7 Å². The highest BCUT2D eigenvalue weighted by Gasteiger charge is 2.66. The van der Waals surface area contributed by atoms with Gasteiger partial charge in [-0.3, -0.25) is 13.9 Å². The monoisotopic (exact) mass is 615 g/mol. The van der Waals surface area contributed by atoms with Gasteiger partial charge in [0.15, 0.2) is 0 Å². The predicted molar refractivity (Wildman–Crippen MR) is 149 cm³/mol. The molecule has 2 unspecified atom stereocenters. The first-order chi connectivity index (χ1) is 18.5. The summed E-state index contributed by atoms with van der Waals surface area (Å²) in [5.41, 5.74) is 7.68. The van der Waals surface area contributed by atoms with Crippen LogP contribution in [0.3, 0.4) is 0 Å². The minimum Gasteiger partial charge on any atom is -0.480 e. The summed E-state index contributed by atoms with van der Waals surface area (Å²) in [6.07, 6.45) is 1.61. The molecule has 220 valence electrons. The van der Waals surface area contributed by atoms with E-state index in [2.05, 4.69) is 4.90 Å². The molecule has 0 aliphatic carbocycles. The molecule has 3 fully saturated rings. The van der Waals surface area contributed by atoms with Gasteiger partial charge in [-0.2, -0.15) is 16.8 Å². The Kier molecular flexibility index (Phi) is 9.71. The second-order valence-electron chi connectivity index (χ2n) is 9.96. The maximum Gasteiger partial charge on any atom is 0.327 e. The molecular formula is C25H33N3O9S3. The second kappa shape index (κ2) is 12.1. The number of amides is 1. The first-order valence-corrected chi connectivity index (χ1v) is 16.0. The number of β-lactam (4-membered cyclic amide) rings is 1. The molecule has 3 aliphatic heterocycles. The summed E-state index contributed by atoms with van der Waals surface area (Å²) in [6, 6.07) is 10.8. The van der Waals surface area contributed by atoms with E-state index in [1.54, 1.807) is 36.0 Å². The second-order valence-corrected chi connectivity index (χ2v) is 14.3. The summed E-state index contributed by atoms with van der Waals surface area (Å²) in [6.45, 7) is 5.43. The normalized spacial score (nSPS) is 23.7. The Hall–Kier alpha value is -2.53. The quantitative estimate of drug-likeness (QED) is 0.288. The molecule has 3 atom stereocenters. The van der Waals surface area contributed by atoms with Crippen molar-refractivity contribution in [1.29, 1.82) is 0 Å². The van der Waals surface area contributed by atoms with E-state index < -0.39 is 38.3 Å². The molecule has 1 amide bonds. The minimum atomic E-state index is -4.02. The fourth-order valence-electron chi connectivity index (χ4n) is 4.63. The Morgan fingerprint density at radius 2 is 1.30 bits per heavy atom. The molecule has 40 heavy (non-hydrogen) atoms. The largest absolute Gasteiger partial charge is 0.480 e. The highest BCUT2D eigenvalue weighted by molar-refractivity contribution is 8.01. The van der Waals surface area contributed by atoms with Crippen molar-refractivity contribution >= 4 is 43.9 Å². The summed E-state index contributed by atoms with van der Waals surface area (Å²) in [7, 11) is -6.00. The van der Waals surface area contributed by atoms with Gasteiger partial charge in [-0.25, -0.2) is 4.79 Å². The van der Waals surface area contributed by atoms with E-state index in [0.717, 1.165) is 37.1 Å². The predicted octanol–water partition coefficient (Wildman–Crippen LogP) is 1.63. The number of piperidine rings is 1. The van der Waals surface area contributed by atoms with Crippen molar-refractivity contribution < 1.29 is 40.6 Å². The lowest BCUT2D eigenvalue weighted by atomic mass is 9.86. The number of nitrogens with zero attached hydrogens (tertiary/aromatic N) is 2. The zero-order chi connectivity index (χ0) is 30.0. The summed E-state index contributed by atoms with van der Waals surface area (Å²) in [5, 5.41) is 9.32.